The first-order valence-electron chi connectivity index (χ1n) is 9.36. The van der Waals surface area contributed by atoms with Crippen LogP contribution in [0.25, 0.3) is 21.7 Å². The van der Waals surface area contributed by atoms with Crippen molar-refractivity contribution in [1.82, 2.24) is 0 Å². The van der Waals surface area contributed by atoms with Crippen LogP contribution in [-0.2, 0) is 6.61 Å². The van der Waals surface area contributed by atoms with Crippen molar-refractivity contribution in [1.29, 1.82) is 0 Å². The maximum Gasteiger partial charge on any atom is 0.344 e. The molecule has 4 rings (SSSR count). The summed E-state index contributed by atoms with van der Waals surface area (Å²) in [5.74, 6) is 1.55. The number of methoxy groups -OCH3 is 2. The van der Waals surface area contributed by atoms with E-state index < -0.39 is 5.63 Å². The molecule has 0 saturated heterocycles. The fourth-order valence-electron chi connectivity index (χ4n) is 3.41. The first-order chi connectivity index (χ1) is 14.5. The summed E-state index contributed by atoms with van der Waals surface area (Å²) >= 11 is 0. The van der Waals surface area contributed by atoms with E-state index in [4.69, 9.17) is 18.6 Å². The van der Waals surface area contributed by atoms with Crippen LogP contribution >= 0.6 is 0 Å². The molecule has 0 spiro atoms. The molecular weight excluding hydrogens is 384 g/mol. The first kappa shape index (κ1) is 19.5. The average Bonchev–Trinajstić information content (AvgIpc) is 2.77. The Bertz CT molecular complexity index is 1320. The molecule has 6 heteroatoms. The molecule has 0 saturated carbocycles. The SMILES string of the molecule is COc1ccccc1COc1cc2oc(=O)c3cc(C(C)=O)ccc3c2cc1OC. The van der Waals surface area contributed by atoms with E-state index in [1.807, 2.05) is 24.3 Å². The molecule has 30 heavy (non-hydrogen) atoms. The summed E-state index contributed by atoms with van der Waals surface area (Å²) in [6, 6.07) is 16.0. The Labute approximate surface area is 172 Å². The molecule has 1 aromatic heterocycles. The van der Waals surface area contributed by atoms with Gasteiger partial charge in [-0.2, -0.15) is 0 Å². The molecule has 0 aliphatic carbocycles. The van der Waals surface area contributed by atoms with E-state index in [1.165, 1.54) is 6.92 Å². The van der Waals surface area contributed by atoms with Crippen LogP contribution in [-0.4, -0.2) is 20.0 Å². The van der Waals surface area contributed by atoms with Crippen molar-refractivity contribution in [3.05, 3.63) is 76.1 Å². The van der Waals surface area contributed by atoms with Crippen LogP contribution in [0.2, 0.25) is 0 Å². The lowest BCUT2D eigenvalue weighted by atomic mass is 10.0. The molecule has 0 atom stereocenters. The highest BCUT2D eigenvalue weighted by Gasteiger charge is 2.15. The van der Waals surface area contributed by atoms with E-state index in [0.29, 0.717) is 38.8 Å². The number of carbonyl (C=O) groups is 1. The minimum atomic E-state index is -0.513. The second-order valence-corrected chi connectivity index (χ2v) is 6.81. The summed E-state index contributed by atoms with van der Waals surface area (Å²) in [6.07, 6.45) is 0. The number of hydrogen-bond donors (Lipinski definition) is 0. The van der Waals surface area contributed by atoms with Gasteiger partial charge in [-0.25, -0.2) is 4.79 Å². The maximum atomic E-state index is 12.5. The van der Waals surface area contributed by atoms with Gasteiger partial charge in [0.1, 0.15) is 17.9 Å². The van der Waals surface area contributed by atoms with E-state index >= 15 is 0 Å². The highest BCUT2D eigenvalue weighted by atomic mass is 16.5. The first-order valence-corrected chi connectivity index (χ1v) is 9.36. The van der Waals surface area contributed by atoms with Crippen LogP contribution < -0.4 is 19.8 Å². The number of rotatable bonds is 6. The standard InChI is InChI=1S/C24H20O6/c1-14(25)15-8-9-17-18-11-22(28-3)23(12-21(18)30-24(26)19(17)10-15)29-13-16-6-4-5-7-20(16)27-2/h4-12H,13H2,1-3H3. The molecule has 1 heterocycles. The third kappa shape index (κ3) is 3.48. The van der Waals surface area contributed by atoms with Gasteiger partial charge in [0, 0.05) is 28.0 Å². The maximum absolute atomic E-state index is 12.5. The molecule has 3 aromatic carbocycles. The van der Waals surface area contributed by atoms with Crippen molar-refractivity contribution >= 4 is 27.5 Å². The minimum Gasteiger partial charge on any atom is -0.496 e. The van der Waals surface area contributed by atoms with Gasteiger partial charge in [-0.3, -0.25) is 4.79 Å². The van der Waals surface area contributed by atoms with E-state index in [-0.39, 0.29) is 12.4 Å². The lowest BCUT2D eigenvalue weighted by Gasteiger charge is -2.14. The zero-order valence-corrected chi connectivity index (χ0v) is 16.9. The van der Waals surface area contributed by atoms with E-state index in [1.54, 1.807) is 44.6 Å². The van der Waals surface area contributed by atoms with Crippen LogP contribution in [0.4, 0.5) is 0 Å². The zero-order valence-electron chi connectivity index (χ0n) is 16.9. The monoisotopic (exact) mass is 404 g/mol. The molecule has 0 radical (unpaired) electrons. The number of carbonyl (C=O) groups excluding carboxylic acids is 1. The zero-order chi connectivity index (χ0) is 21.3. The quantitative estimate of drug-likeness (QED) is 0.262. The Morgan fingerprint density at radius 3 is 2.37 bits per heavy atom. The molecule has 4 aromatic rings. The molecule has 0 bridgehead atoms. The van der Waals surface area contributed by atoms with Gasteiger partial charge in [0.25, 0.3) is 0 Å². The third-order valence-electron chi connectivity index (χ3n) is 4.98. The smallest absolute Gasteiger partial charge is 0.344 e. The number of Topliss-reactive ketones (excluding diaryl/α,β-unsaturated/α-hetero) is 1. The predicted molar refractivity (Wildman–Crippen MR) is 114 cm³/mol. The fourth-order valence-corrected chi connectivity index (χ4v) is 3.41. The molecule has 6 nitrogen and oxygen atoms in total. The lowest BCUT2D eigenvalue weighted by Crippen LogP contribution is -2.03. The van der Waals surface area contributed by atoms with E-state index in [2.05, 4.69) is 0 Å². The van der Waals surface area contributed by atoms with Crippen molar-refractivity contribution in [3.63, 3.8) is 0 Å². The molecule has 0 aliphatic rings. The molecule has 152 valence electrons. The number of ketones is 1. The predicted octanol–water partition coefficient (Wildman–Crippen LogP) is 4.75. The Morgan fingerprint density at radius 2 is 1.63 bits per heavy atom. The van der Waals surface area contributed by atoms with Crippen LogP contribution in [0.15, 0.2) is 63.8 Å². The Morgan fingerprint density at radius 1 is 0.867 bits per heavy atom. The molecule has 0 aliphatic heterocycles. The van der Waals surface area contributed by atoms with E-state index in [0.717, 1.165) is 11.3 Å². The van der Waals surface area contributed by atoms with Gasteiger partial charge in [-0.05, 0) is 25.1 Å². The van der Waals surface area contributed by atoms with Gasteiger partial charge in [0.05, 0.1) is 19.6 Å². The van der Waals surface area contributed by atoms with Gasteiger partial charge >= 0.3 is 5.63 Å². The summed E-state index contributed by atoms with van der Waals surface area (Å²) in [5.41, 5.74) is 1.19. The molecule has 0 unspecified atom stereocenters. The fraction of sp³-hybridized carbons (Fsp3) is 0.167. The summed E-state index contributed by atoms with van der Waals surface area (Å²) in [6.45, 7) is 1.71. The van der Waals surface area contributed by atoms with Crippen molar-refractivity contribution in [2.75, 3.05) is 14.2 Å². The second-order valence-electron chi connectivity index (χ2n) is 6.81. The molecule has 0 amide bonds. The summed E-state index contributed by atoms with van der Waals surface area (Å²) in [7, 11) is 3.15. The topological polar surface area (TPSA) is 75.0 Å². The number of ether oxygens (including phenoxy) is 3. The molecule has 0 fully saturated rings. The van der Waals surface area contributed by atoms with Crippen molar-refractivity contribution in [2.45, 2.75) is 13.5 Å². The van der Waals surface area contributed by atoms with Gasteiger partial charge in [-0.15, -0.1) is 0 Å². The van der Waals surface area contributed by atoms with Crippen LogP contribution in [0.3, 0.4) is 0 Å². The number of hydrogen-bond acceptors (Lipinski definition) is 6. The van der Waals surface area contributed by atoms with Gasteiger partial charge in [-0.1, -0.05) is 30.3 Å². The Kier molecular flexibility index (Phi) is 5.14. The third-order valence-corrected chi connectivity index (χ3v) is 4.98. The van der Waals surface area contributed by atoms with Gasteiger partial charge in [0.15, 0.2) is 17.3 Å². The summed E-state index contributed by atoms with van der Waals surface area (Å²) in [4.78, 5) is 24.2. The Hall–Kier alpha value is -3.80. The highest BCUT2D eigenvalue weighted by Crippen LogP contribution is 2.36. The van der Waals surface area contributed by atoms with Crippen molar-refractivity contribution in [3.8, 4) is 17.2 Å². The average molecular weight is 404 g/mol. The van der Waals surface area contributed by atoms with Crippen molar-refractivity contribution in [2.24, 2.45) is 0 Å². The second kappa shape index (κ2) is 7.91. The number of para-hydroxylation sites is 1. The van der Waals surface area contributed by atoms with Crippen LogP contribution in [0.1, 0.15) is 22.8 Å². The highest BCUT2D eigenvalue weighted by molar-refractivity contribution is 6.07. The lowest BCUT2D eigenvalue weighted by molar-refractivity contribution is 0.101. The van der Waals surface area contributed by atoms with Crippen molar-refractivity contribution < 1.29 is 23.4 Å². The summed E-state index contributed by atoms with van der Waals surface area (Å²) in [5, 5.41) is 1.72. The summed E-state index contributed by atoms with van der Waals surface area (Å²) < 4.78 is 22.3. The van der Waals surface area contributed by atoms with Gasteiger partial charge < -0.3 is 18.6 Å². The van der Waals surface area contributed by atoms with Crippen LogP contribution in [0, 0.1) is 0 Å². The van der Waals surface area contributed by atoms with Crippen LogP contribution in [0.5, 0.6) is 17.2 Å². The normalized spacial score (nSPS) is 10.9. The molecular formula is C24H20O6. The number of fused-ring (bicyclic) bond motifs is 3. The largest absolute Gasteiger partial charge is 0.496 e. The molecule has 0 N–H and O–H groups in total. The Balaban J connectivity index is 1.80. The van der Waals surface area contributed by atoms with E-state index in [9.17, 15) is 9.59 Å². The number of benzene rings is 3. The minimum absolute atomic E-state index is 0.117. The van der Waals surface area contributed by atoms with Gasteiger partial charge in [0.2, 0.25) is 0 Å².